The molecule has 6 nitrogen and oxygen atoms in total. The number of anilines is 1. The molecule has 122 valence electrons. The van der Waals surface area contributed by atoms with Crippen molar-refractivity contribution >= 4 is 28.7 Å². The number of aromatic nitrogens is 1. The van der Waals surface area contributed by atoms with Gasteiger partial charge in [0.1, 0.15) is 5.52 Å². The first-order chi connectivity index (χ1) is 11.6. The molecule has 24 heavy (non-hydrogen) atoms. The highest BCUT2D eigenvalue weighted by Crippen LogP contribution is 2.25. The molecule has 0 atom stereocenters. The van der Waals surface area contributed by atoms with Crippen LogP contribution in [0.1, 0.15) is 19.3 Å². The molecule has 0 aliphatic carbocycles. The zero-order valence-corrected chi connectivity index (χ0v) is 12.9. The van der Waals surface area contributed by atoms with E-state index in [1.165, 1.54) is 0 Å². The Balaban J connectivity index is 1.64. The lowest BCUT2D eigenvalue weighted by atomic mass is 10.2. The zero-order valence-electron chi connectivity index (χ0n) is 12.9. The summed E-state index contributed by atoms with van der Waals surface area (Å²) >= 11 is 0. The van der Waals surface area contributed by atoms with Gasteiger partial charge in [0.05, 0.1) is 0 Å². The smallest absolute Gasteiger partial charge is 0.303 e. The normalized spacial score (nSPS) is 10.7. The van der Waals surface area contributed by atoms with E-state index in [2.05, 4.69) is 10.3 Å². The number of para-hydroxylation sites is 2. The molecule has 2 aromatic carbocycles. The number of nitrogens with one attached hydrogen (secondary N) is 1. The molecular formula is C18H16N2O4. The van der Waals surface area contributed by atoms with Crippen molar-refractivity contribution in [1.82, 2.24) is 4.98 Å². The van der Waals surface area contributed by atoms with Crippen molar-refractivity contribution in [2.75, 3.05) is 5.32 Å². The number of carboxylic acids is 1. The first-order valence-electron chi connectivity index (χ1n) is 7.59. The van der Waals surface area contributed by atoms with Crippen LogP contribution in [0, 0.1) is 0 Å². The molecule has 0 spiro atoms. The average Bonchev–Trinajstić information content (AvgIpc) is 2.99. The third-order valence-corrected chi connectivity index (χ3v) is 3.50. The molecule has 0 bridgehead atoms. The van der Waals surface area contributed by atoms with Crippen molar-refractivity contribution in [3.05, 3.63) is 48.5 Å². The standard InChI is InChI=1S/C18H16N2O4/c21-16(6-3-7-17(22)23)19-13-10-8-12(9-11-13)18-20-14-4-1-2-5-15(14)24-18/h1-2,4-5,8-11H,3,6-7H2,(H,19,21)(H,22,23). The van der Waals surface area contributed by atoms with Crippen LogP contribution in [0.25, 0.3) is 22.6 Å². The number of oxazole rings is 1. The Kier molecular flexibility index (Phi) is 4.56. The number of carbonyl (C=O) groups excluding carboxylic acids is 1. The second-order valence-corrected chi connectivity index (χ2v) is 5.36. The zero-order chi connectivity index (χ0) is 16.9. The molecule has 1 aromatic heterocycles. The summed E-state index contributed by atoms with van der Waals surface area (Å²) in [6, 6.07) is 14.7. The third kappa shape index (κ3) is 3.78. The maximum atomic E-state index is 11.7. The molecule has 0 aliphatic heterocycles. The van der Waals surface area contributed by atoms with Gasteiger partial charge in [-0.15, -0.1) is 0 Å². The highest BCUT2D eigenvalue weighted by Gasteiger charge is 2.08. The summed E-state index contributed by atoms with van der Waals surface area (Å²) < 4.78 is 5.70. The van der Waals surface area contributed by atoms with Crippen LogP contribution in [0.15, 0.2) is 52.9 Å². The Morgan fingerprint density at radius 3 is 2.50 bits per heavy atom. The van der Waals surface area contributed by atoms with E-state index in [-0.39, 0.29) is 18.7 Å². The van der Waals surface area contributed by atoms with Gasteiger partial charge in [0.15, 0.2) is 5.58 Å². The minimum absolute atomic E-state index is 0.00984. The van der Waals surface area contributed by atoms with Crippen LogP contribution in [-0.4, -0.2) is 22.0 Å². The minimum atomic E-state index is -0.898. The van der Waals surface area contributed by atoms with Crippen LogP contribution >= 0.6 is 0 Å². The van der Waals surface area contributed by atoms with E-state index in [4.69, 9.17) is 9.52 Å². The number of carbonyl (C=O) groups is 2. The SMILES string of the molecule is O=C(O)CCCC(=O)Nc1ccc(-c2nc3ccccc3o2)cc1. The second kappa shape index (κ2) is 6.95. The minimum Gasteiger partial charge on any atom is -0.481 e. The lowest BCUT2D eigenvalue weighted by molar-refractivity contribution is -0.137. The van der Waals surface area contributed by atoms with Crippen LogP contribution in [-0.2, 0) is 9.59 Å². The van der Waals surface area contributed by atoms with Crippen molar-refractivity contribution in [2.45, 2.75) is 19.3 Å². The number of benzene rings is 2. The van der Waals surface area contributed by atoms with Crippen molar-refractivity contribution in [3.63, 3.8) is 0 Å². The summed E-state index contributed by atoms with van der Waals surface area (Å²) in [5.74, 6) is -0.577. The summed E-state index contributed by atoms with van der Waals surface area (Å²) in [4.78, 5) is 26.6. The molecule has 0 fully saturated rings. The molecule has 1 amide bonds. The third-order valence-electron chi connectivity index (χ3n) is 3.50. The van der Waals surface area contributed by atoms with Crippen LogP contribution in [0.2, 0.25) is 0 Å². The summed E-state index contributed by atoms with van der Waals surface area (Å²) in [7, 11) is 0. The highest BCUT2D eigenvalue weighted by atomic mass is 16.4. The average molecular weight is 324 g/mol. The van der Waals surface area contributed by atoms with Gasteiger partial charge in [-0.2, -0.15) is 0 Å². The number of rotatable bonds is 6. The van der Waals surface area contributed by atoms with Gasteiger partial charge in [-0.3, -0.25) is 9.59 Å². The van der Waals surface area contributed by atoms with E-state index in [1.807, 2.05) is 36.4 Å². The van der Waals surface area contributed by atoms with Gasteiger partial charge in [-0.05, 0) is 42.8 Å². The quantitative estimate of drug-likeness (QED) is 0.721. The van der Waals surface area contributed by atoms with Crippen LogP contribution < -0.4 is 5.32 Å². The number of hydrogen-bond donors (Lipinski definition) is 2. The first-order valence-corrected chi connectivity index (χ1v) is 7.59. The maximum absolute atomic E-state index is 11.7. The molecule has 2 N–H and O–H groups in total. The van der Waals surface area contributed by atoms with Crippen molar-refractivity contribution in [3.8, 4) is 11.5 Å². The van der Waals surface area contributed by atoms with Gasteiger partial charge in [-0.1, -0.05) is 12.1 Å². The second-order valence-electron chi connectivity index (χ2n) is 5.36. The van der Waals surface area contributed by atoms with Crippen molar-refractivity contribution in [2.24, 2.45) is 0 Å². The van der Waals surface area contributed by atoms with Gasteiger partial charge in [-0.25, -0.2) is 4.98 Å². The van der Waals surface area contributed by atoms with Crippen molar-refractivity contribution in [1.29, 1.82) is 0 Å². The molecule has 3 aromatic rings. The highest BCUT2D eigenvalue weighted by molar-refractivity contribution is 5.91. The summed E-state index contributed by atoms with van der Waals surface area (Å²) in [6.07, 6.45) is 0.491. The number of amides is 1. The number of nitrogens with zero attached hydrogens (tertiary/aromatic N) is 1. The topological polar surface area (TPSA) is 92.4 Å². The van der Waals surface area contributed by atoms with Gasteiger partial charge in [0.2, 0.25) is 11.8 Å². The Bertz CT molecular complexity index is 835. The number of carboxylic acid groups (broad SMARTS) is 1. The summed E-state index contributed by atoms with van der Waals surface area (Å²) in [5.41, 5.74) is 2.98. The van der Waals surface area contributed by atoms with Crippen molar-refractivity contribution < 1.29 is 19.1 Å². The van der Waals surface area contributed by atoms with E-state index in [0.29, 0.717) is 18.0 Å². The molecular weight excluding hydrogens is 308 g/mol. The Morgan fingerprint density at radius 2 is 1.79 bits per heavy atom. The molecule has 3 rings (SSSR count). The Morgan fingerprint density at radius 1 is 1.04 bits per heavy atom. The molecule has 1 heterocycles. The summed E-state index contributed by atoms with van der Waals surface area (Å²) in [5, 5.41) is 11.3. The van der Waals surface area contributed by atoms with E-state index >= 15 is 0 Å². The van der Waals surface area contributed by atoms with Crippen LogP contribution in [0.4, 0.5) is 5.69 Å². The lowest BCUT2D eigenvalue weighted by Gasteiger charge is -2.05. The molecule has 0 aliphatic rings. The van der Waals surface area contributed by atoms with Gasteiger partial charge >= 0.3 is 5.97 Å². The Labute approximate surface area is 138 Å². The molecule has 0 saturated heterocycles. The first kappa shape index (κ1) is 15.7. The largest absolute Gasteiger partial charge is 0.481 e. The Hall–Kier alpha value is -3.15. The lowest BCUT2D eigenvalue weighted by Crippen LogP contribution is -2.11. The van der Waals surface area contributed by atoms with E-state index in [1.54, 1.807) is 12.1 Å². The maximum Gasteiger partial charge on any atom is 0.303 e. The van der Waals surface area contributed by atoms with E-state index in [0.717, 1.165) is 16.7 Å². The van der Waals surface area contributed by atoms with Crippen LogP contribution in [0.5, 0.6) is 0 Å². The number of hydrogen-bond acceptors (Lipinski definition) is 4. The molecule has 6 heteroatoms. The fourth-order valence-corrected chi connectivity index (χ4v) is 2.32. The van der Waals surface area contributed by atoms with Gasteiger partial charge < -0.3 is 14.8 Å². The molecule has 0 saturated carbocycles. The monoisotopic (exact) mass is 324 g/mol. The number of aliphatic carboxylic acids is 1. The fourth-order valence-electron chi connectivity index (χ4n) is 2.32. The fraction of sp³-hybridized carbons (Fsp3) is 0.167. The molecule has 0 radical (unpaired) electrons. The van der Waals surface area contributed by atoms with E-state index < -0.39 is 5.97 Å². The number of fused-ring (bicyclic) bond motifs is 1. The predicted molar refractivity (Wildman–Crippen MR) is 89.6 cm³/mol. The van der Waals surface area contributed by atoms with E-state index in [9.17, 15) is 9.59 Å². The predicted octanol–water partition coefficient (Wildman–Crippen LogP) is 3.69. The molecule has 0 unspecified atom stereocenters. The van der Waals surface area contributed by atoms with Crippen LogP contribution in [0.3, 0.4) is 0 Å². The van der Waals surface area contributed by atoms with Gasteiger partial charge in [0.25, 0.3) is 0 Å². The summed E-state index contributed by atoms with van der Waals surface area (Å²) in [6.45, 7) is 0. The van der Waals surface area contributed by atoms with Gasteiger partial charge in [0, 0.05) is 24.1 Å².